The maximum Gasteiger partial charge on any atom is 0.320 e. The SMILES string of the molecule is CC(C)C(O)CCNC(=O)Nc1ccnn1Cc1ccccn1. The number of amides is 2. The zero-order valence-corrected chi connectivity index (χ0v) is 13.4. The molecule has 2 rings (SSSR count). The van der Waals surface area contributed by atoms with Crippen LogP contribution in [0.2, 0.25) is 0 Å². The van der Waals surface area contributed by atoms with Crippen LogP contribution in [-0.2, 0) is 6.54 Å². The van der Waals surface area contributed by atoms with Crippen LogP contribution < -0.4 is 10.6 Å². The molecule has 0 spiro atoms. The van der Waals surface area contributed by atoms with Crippen LogP contribution in [0.1, 0.15) is 26.0 Å². The van der Waals surface area contributed by atoms with Crippen molar-refractivity contribution in [3.8, 4) is 0 Å². The highest BCUT2D eigenvalue weighted by atomic mass is 16.3. The van der Waals surface area contributed by atoms with E-state index < -0.39 is 6.10 Å². The molecule has 2 heterocycles. The average Bonchev–Trinajstić information content (AvgIpc) is 2.95. The smallest absolute Gasteiger partial charge is 0.320 e. The average molecular weight is 317 g/mol. The number of pyridine rings is 1. The van der Waals surface area contributed by atoms with Gasteiger partial charge in [0.25, 0.3) is 0 Å². The predicted octanol–water partition coefficient (Wildman–Crippen LogP) is 1.85. The Morgan fingerprint density at radius 1 is 1.30 bits per heavy atom. The molecule has 0 fully saturated rings. The second-order valence-electron chi connectivity index (χ2n) is 5.68. The molecule has 1 unspecified atom stereocenters. The number of carbonyl (C=O) groups is 1. The third-order valence-corrected chi connectivity index (χ3v) is 3.49. The lowest BCUT2D eigenvalue weighted by atomic mass is 10.0. The zero-order valence-electron chi connectivity index (χ0n) is 13.4. The van der Waals surface area contributed by atoms with Gasteiger partial charge >= 0.3 is 6.03 Å². The molecule has 3 N–H and O–H groups in total. The molecule has 2 aromatic rings. The molecule has 2 aromatic heterocycles. The molecular formula is C16H23N5O2. The fourth-order valence-electron chi connectivity index (χ4n) is 2.04. The van der Waals surface area contributed by atoms with Gasteiger partial charge in [0.05, 0.1) is 24.5 Å². The summed E-state index contributed by atoms with van der Waals surface area (Å²) in [6, 6.07) is 7.07. The van der Waals surface area contributed by atoms with Gasteiger partial charge in [-0.15, -0.1) is 0 Å². The summed E-state index contributed by atoms with van der Waals surface area (Å²) in [7, 11) is 0. The van der Waals surface area contributed by atoms with Gasteiger partial charge < -0.3 is 10.4 Å². The van der Waals surface area contributed by atoms with Gasteiger partial charge in [-0.25, -0.2) is 9.48 Å². The van der Waals surface area contributed by atoms with Crippen LogP contribution >= 0.6 is 0 Å². The first-order valence-electron chi connectivity index (χ1n) is 7.71. The molecule has 0 saturated heterocycles. The summed E-state index contributed by atoms with van der Waals surface area (Å²) in [5.41, 5.74) is 0.861. The Morgan fingerprint density at radius 3 is 2.83 bits per heavy atom. The van der Waals surface area contributed by atoms with Gasteiger partial charge in [0, 0.05) is 18.8 Å². The molecule has 0 aliphatic rings. The highest BCUT2D eigenvalue weighted by molar-refractivity contribution is 5.88. The quantitative estimate of drug-likeness (QED) is 0.727. The lowest BCUT2D eigenvalue weighted by Crippen LogP contribution is -2.33. The van der Waals surface area contributed by atoms with Crippen LogP contribution in [0.5, 0.6) is 0 Å². The van der Waals surface area contributed by atoms with E-state index in [0.717, 1.165) is 5.69 Å². The highest BCUT2D eigenvalue weighted by Crippen LogP contribution is 2.09. The lowest BCUT2D eigenvalue weighted by molar-refractivity contribution is 0.117. The van der Waals surface area contributed by atoms with E-state index in [9.17, 15) is 9.90 Å². The maximum absolute atomic E-state index is 11.9. The van der Waals surface area contributed by atoms with Crippen molar-refractivity contribution in [1.29, 1.82) is 0 Å². The van der Waals surface area contributed by atoms with Gasteiger partial charge in [0.15, 0.2) is 0 Å². The van der Waals surface area contributed by atoms with Gasteiger partial charge in [-0.2, -0.15) is 5.10 Å². The van der Waals surface area contributed by atoms with Crippen LogP contribution in [0.25, 0.3) is 0 Å². The molecule has 0 aliphatic heterocycles. The topological polar surface area (TPSA) is 92.1 Å². The van der Waals surface area contributed by atoms with E-state index in [1.807, 2.05) is 32.0 Å². The van der Waals surface area contributed by atoms with Crippen LogP contribution in [0.3, 0.4) is 0 Å². The minimum absolute atomic E-state index is 0.180. The van der Waals surface area contributed by atoms with E-state index in [4.69, 9.17) is 0 Å². The van der Waals surface area contributed by atoms with E-state index >= 15 is 0 Å². The van der Waals surface area contributed by atoms with Crippen molar-refractivity contribution in [1.82, 2.24) is 20.1 Å². The van der Waals surface area contributed by atoms with Gasteiger partial charge in [-0.05, 0) is 24.5 Å². The minimum atomic E-state index is -0.412. The number of hydrogen-bond acceptors (Lipinski definition) is 4. The number of urea groups is 1. The predicted molar refractivity (Wildman–Crippen MR) is 88.0 cm³/mol. The molecule has 7 nitrogen and oxygen atoms in total. The number of anilines is 1. The number of carbonyl (C=O) groups excluding carboxylic acids is 1. The van der Waals surface area contributed by atoms with Crippen molar-refractivity contribution >= 4 is 11.8 Å². The summed E-state index contributed by atoms with van der Waals surface area (Å²) in [5.74, 6) is 0.775. The van der Waals surface area contributed by atoms with Crippen LogP contribution in [0.15, 0.2) is 36.7 Å². The Kier molecular flexibility index (Phi) is 6.10. The summed E-state index contributed by atoms with van der Waals surface area (Å²) in [4.78, 5) is 16.1. The largest absolute Gasteiger partial charge is 0.393 e. The number of hydrogen-bond donors (Lipinski definition) is 3. The molecule has 1 atom stereocenters. The standard InChI is InChI=1S/C16H23N5O2/c1-12(2)14(22)6-9-18-16(23)20-15-7-10-19-21(15)11-13-5-3-4-8-17-13/h3-5,7-8,10,12,14,22H,6,9,11H2,1-2H3,(H2,18,20,23). The molecule has 2 amide bonds. The minimum Gasteiger partial charge on any atom is -0.393 e. The Bertz CT molecular complexity index is 612. The third-order valence-electron chi connectivity index (χ3n) is 3.49. The summed E-state index contributed by atoms with van der Waals surface area (Å²) in [6.07, 6.45) is 3.46. The van der Waals surface area contributed by atoms with Gasteiger partial charge in [0.2, 0.25) is 0 Å². The number of aromatic nitrogens is 3. The van der Waals surface area contributed by atoms with E-state index in [1.165, 1.54) is 0 Å². The molecule has 0 bridgehead atoms. The Hall–Kier alpha value is -2.41. The van der Waals surface area contributed by atoms with Crippen LogP contribution in [0, 0.1) is 5.92 Å². The van der Waals surface area contributed by atoms with Gasteiger partial charge in [-0.1, -0.05) is 19.9 Å². The first-order chi connectivity index (χ1) is 11.1. The molecule has 0 aromatic carbocycles. The van der Waals surface area contributed by atoms with Crippen molar-refractivity contribution in [2.45, 2.75) is 32.9 Å². The third kappa shape index (κ3) is 5.37. The number of rotatable bonds is 7. The lowest BCUT2D eigenvalue weighted by Gasteiger charge is -2.15. The summed E-state index contributed by atoms with van der Waals surface area (Å²) >= 11 is 0. The first kappa shape index (κ1) is 17.0. The number of nitrogens with zero attached hydrogens (tertiary/aromatic N) is 3. The Labute approximate surface area is 135 Å². The zero-order chi connectivity index (χ0) is 16.7. The molecule has 7 heteroatoms. The Balaban J connectivity index is 1.84. The van der Waals surface area contributed by atoms with Gasteiger partial charge in [-0.3, -0.25) is 10.3 Å². The first-order valence-corrected chi connectivity index (χ1v) is 7.71. The number of aliphatic hydroxyl groups excluding tert-OH is 1. The summed E-state index contributed by atoms with van der Waals surface area (Å²) in [5, 5.41) is 19.4. The molecule has 124 valence electrons. The molecule has 0 radical (unpaired) electrons. The number of nitrogens with one attached hydrogen (secondary N) is 2. The molecule has 0 saturated carbocycles. The van der Waals surface area contributed by atoms with Gasteiger partial charge in [0.1, 0.15) is 5.82 Å². The molecule has 23 heavy (non-hydrogen) atoms. The van der Waals surface area contributed by atoms with Crippen LogP contribution in [0.4, 0.5) is 10.6 Å². The highest BCUT2D eigenvalue weighted by Gasteiger charge is 2.11. The summed E-state index contributed by atoms with van der Waals surface area (Å²) < 4.78 is 1.67. The fraction of sp³-hybridized carbons (Fsp3) is 0.438. The second kappa shape index (κ2) is 8.28. The van der Waals surface area contributed by atoms with Crippen molar-refractivity contribution in [2.24, 2.45) is 5.92 Å². The Morgan fingerprint density at radius 2 is 2.13 bits per heavy atom. The van der Waals surface area contributed by atoms with Crippen molar-refractivity contribution < 1.29 is 9.90 Å². The summed E-state index contributed by atoms with van der Waals surface area (Å²) in [6.45, 7) is 4.79. The van der Waals surface area contributed by atoms with E-state index in [0.29, 0.717) is 25.3 Å². The molecule has 0 aliphatic carbocycles. The van der Waals surface area contributed by atoms with E-state index in [-0.39, 0.29) is 11.9 Å². The normalized spacial score (nSPS) is 12.2. The number of aliphatic hydroxyl groups is 1. The van der Waals surface area contributed by atoms with Crippen LogP contribution in [-0.4, -0.2) is 38.6 Å². The fourth-order valence-corrected chi connectivity index (χ4v) is 2.04. The van der Waals surface area contributed by atoms with E-state index in [2.05, 4.69) is 20.7 Å². The monoisotopic (exact) mass is 317 g/mol. The van der Waals surface area contributed by atoms with Crippen molar-refractivity contribution in [3.63, 3.8) is 0 Å². The van der Waals surface area contributed by atoms with Crippen molar-refractivity contribution in [2.75, 3.05) is 11.9 Å². The maximum atomic E-state index is 11.9. The van der Waals surface area contributed by atoms with E-state index in [1.54, 1.807) is 23.1 Å². The second-order valence-corrected chi connectivity index (χ2v) is 5.68. The molecular weight excluding hydrogens is 294 g/mol. The van der Waals surface area contributed by atoms with Crippen molar-refractivity contribution in [3.05, 3.63) is 42.4 Å².